The summed E-state index contributed by atoms with van der Waals surface area (Å²) >= 11 is 0. The molecule has 0 spiro atoms. The zero-order valence-electron chi connectivity index (χ0n) is 15.9. The smallest absolute Gasteiger partial charge is 0.194 e. The Labute approximate surface area is 166 Å². The van der Waals surface area contributed by atoms with Gasteiger partial charge in [0.05, 0.1) is 25.4 Å². The highest BCUT2D eigenvalue weighted by Crippen LogP contribution is 2.16. The van der Waals surface area contributed by atoms with Gasteiger partial charge in [-0.15, -0.1) is 0 Å². The third kappa shape index (κ3) is 7.16. The highest BCUT2D eigenvalue weighted by molar-refractivity contribution is 5.18. The molecule has 0 amide bonds. The van der Waals surface area contributed by atoms with Crippen LogP contribution in [0.4, 0.5) is 17.6 Å². The van der Waals surface area contributed by atoms with E-state index in [2.05, 4.69) is 0 Å². The van der Waals surface area contributed by atoms with Crippen LogP contribution in [0.15, 0.2) is 12.1 Å². The van der Waals surface area contributed by atoms with Crippen molar-refractivity contribution < 1.29 is 42.7 Å². The van der Waals surface area contributed by atoms with E-state index in [1.54, 1.807) is 4.90 Å². The molecule has 29 heavy (non-hydrogen) atoms. The molecule has 1 unspecified atom stereocenters. The van der Waals surface area contributed by atoms with Crippen LogP contribution in [-0.4, -0.2) is 82.2 Å². The molecule has 0 aliphatic carbocycles. The summed E-state index contributed by atoms with van der Waals surface area (Å²) in [6, 6.07) is 1.59. The van der Waals surface area contributed by atoms with E-state index in [-0.39, 0.29) is 38.3 Å². The van der Waals surface area contributed by atoms with Gasteiger partial charge >= 0.3 is 0 Å². The van der Waals surface area contributed by atoms with Gasteiger partial charge in [-0.05, 0) is 43.5 Å². The molecule has 1 aromatic carbocycles. The Kier molecular flexibility index (Phi) is 9.25. The number of nitrogens with zero attached hydrogens (tertiary/aromatic N) is 1. The summed E-state index contributed by atoms with van der Waals surface area (Å²) in [7, 11) is 0. The Bertz CT molecular complexity index is 614. The number of rotatable bonds is 9. The summed E-state index contributed by atoms with van der Waals surface area (Å²) in [6.07, 6.45) is -5.31. The average Bonchev–Trinajstić information content (AvgIpc) is 2.75. The van der Waals surface area contributed by atoms with E-state index in [0.717, 1.165) is 12.1 Å². The number of aliphatic hydroxyl groups excluding tert-OH is 4. The maximum Gasteiger partial charge on any atom is 0.194 e. The number of ether oxygens (including phenoxy) is 1. The quantitative estimate of drug-likeness (QED) is 0.267. The van der Waals surface area contributed by atoms with Crippen molar-refractivity contribution in [2.24, 2.45) is 0 Å². The van der Waals surface area contributed by atoms with Crippen LogP contribution in [0.2, 0.25) is 0 Å². The molecule has 1 aromatic rings. The first-order chi connectivity index (χ1) is 13.7. The Balaban J connectivity index is 1.64. The van der Waals surface area contributed by atoms with Crippen LogP contribution in [0.1, 0.15) is 24.8 Å². The highest BCUT2D eigenvalue weighted by atomic mass is 19.2. The van der Waals surface area contributed by atoms with Gasteiger partial charge in [-0.1, -0.05) is 0 Å². The van der Waals surface area contributed by atoms with E-state index in [4.69, 9.17) is 4.74 Å². The van der Waals surface area contributed by atoms with Crippen LogP contribution in [0.5, 0.6) is 0 Å². The summed E-state index contributed by atoms with van der Waals surface area (Å²) in [5.41, 5.74) is 0.0660. The van der Waals surface area contributed by atoms with Gasteiger partial charge in [0.1, 0.15) is 18.4 Å². The Morgan fingerprint density at radius 3 is 2.07 bits per heavy atom. The van der Waals surface area contributed by atoms with Gasteiger partial charge in [0.15, 0.2) is 17.5 Å². The fraction of sp³-hybridized carbons (Fsp3) is 0.684. The molecule has 0 saturated carbocycles. The van der Waals surface area contributed by atoms with Crippen LogP contribution in [0, 0.1) is 17.5 Å². The third-order valence-corrected chi connectivity index (χ3v) is 4.88. The zero-order valence-corrected chi connectivity index (χ0v) is 15.9. The maximum absolute atomic E-state index is 13.9. The molecule has 4 N–H and O–H groups in total. The van der Waals surface area contributed by atoms with Gasteiger partial charge in [-0.2, -0.15) is 0 Å². The average molecular weight is 425 g/mol. The summed E-state index contributed by atoms with van der Waals surface area (Å²) in [5.74, 6) is -4.22. The van der Waals surface area contributed by atoms with Gasteiger partial charge < -0.3 is 25.2 Å². The minimum absolute atomic E-state index is 0.0660. The lowest BCUT2D eigenvalue weighted by Gasteiger charge is -2.23. The molecule has 166 valence electrons. The molecule has 10 heteroatoms. The van der Waals surface area contributed by atoms with Crippen molar-refractivity contribution in [2.45, 2.75) is 56.5 Å². The topological polar surface area (TPSA) is 93.4 Å². The lowest BCUT2D eigenvalue weighted by Crippen LogP contribution is -2.43. The van der Waals surface area contributed by atoms with Gasteiger partial charge in [0, 0.05) is 13.1 Å². The number of unbranched alkanes of at least 4 members (excludes halogenated alkanes) is 1. The molecule has 1 saturated heterocycles. The van der Waals surface area contributed by atoms with Crippen molar-refractivity contribution in [3.8, 4) is 0 Å². The summed E-state index contributed by atoms with van der Waals surface area (Å²) in [5, 5.41) is 38.9. The molecule has 2 rings (SSSR count). The molecular weight excluding hydrogens is 398 g/mol. The first-order valence-electron chi connectivity index (χ1n) is 9.49. The van der Waals surface area contributed by atoms with E-state index < -0.39 is 48.0 Å². The fourth-order valence-electron chi connectivity index (χ4n) is 3.24. The van der Waals surface area contributed by atoms with E-state index in [1.165, 1.54) is 0 Å². The van der Waals surface area contributed by atoms with Gasteiger partial charge in [0.2, 0.25) is 0 Å². The number of β-amino-alcohol motifs (C(OH)–C–C–N with tert-alkyl or cyclic N) is 2. The molecule has 5 atom stereocenters. The number of alkyl halides is 1. The lowest BCUT2D eigenvalue weighted by atomic mass is 10.1. The van der Waals surface area contributed by atoms with Crippen molar-refractivity contribution in [3.05, 3.63) is 35.1 Å². The minimum atomic E-state index is -1.56. The monoisotopic (exact) mass is 425 g/mol. The van der Waals surface area contributed by atoms with Crippen LogP contribution < -0.4 is 0 Å². The van der Waals surface area contributed by atoms with Crippen molar-refractivity contribution in [1.29, 1.82) is 0 Å². The van der Waals surface area contributed by atoms with Crippen molar-refractivity contribution in [2.75, 3.05) is 26.2 Å². The summed E-state index contributed by atoms with van der Waals surface area (Å²) < 4.78 is 58.0. The molecule has 1 fully saturated rings. The van der Waals surface area contributed by atoms with E-state index >= 15 is 0 Å². The summed E-state index contributed by atoms with van der Waals surface area (Å²) in [4.78, 5) is 1.69. The van der Waals surface area contributed by atoms with Crippen LogP contribution in [0.3, 0.4) is 0 Å². The van der Waals surface area contributed by atoms with Crippen molar-refractivity contribution in [1.82, 2.24) is 4.90 Å². The second-order valence-corrected chi connectivity index (χ2v) is 7.36. The Hall–Kier alpha value is -1.30. The van der Waals surface area contributed by atoms with Gasteiger partial charge in [-0.3, -0.25) is 4.90 Å². The lowest BCUT2D eigenvalue weighted by molar-refractivity contribution is -0.0894. The molecule has 1 heterocycles. The van der Waals surface area contributed by atoms with E-state index in [1.807, 2.05) is 0 Å². The molecular formula is C19H27F4NO5. The number of halogens is 4. The van der Waals surface area contributed by atoms with E-state index in [9.17, 15) is 38.0 Å². The van der Waals surface area contributed by atoms with Crippen LogP contribution in [-0.2, 0) is 11.3 Å². The molecule has 0 bridgehead atoms. The van der Waals surface area contributed by atoms with Crippen LogP contribution in [0.25, 0.3) is 0 Å². The van der Waals surface area contributed by atoms with Crippen molar-refractivity contribution in [3.63, 3.8) is 0 Å². The Morgan fingerprint density at radius 2 is 1.52 bits per heavy atom. The second kappa shape index (κ2) is 11.2. The van der Waals surface area contributed by atoms with Gasteiger partial charge in [0.25, 0.3) is 0 Å². The second-order valence-electron chi connectivity index (χ2n) is 7.36. The number of hydrogen-bond acceptors (Lipinski definition) is 6. The van der Waals surface area contributed by atoms with E-state index in [0.29, 0.717) is 19.4 Å². The predicted molar refractivity (Wildman–Crippen MR) is 95.2 cm³/mol. The largest absolute Gasteiger partial charge is 0.389 e. The fourth-order valence-corrected chi connectivity index (χ4v) is 3.24. The maximum atomic E-state index is 13.9. The first-order valence-corrected chi connectivity index (χ1v) is 9.49. The molecule has 6 nitrogen and oxygen atoms in total. The minimum Gasteiger partial charge on any atom is -0.389 e. The first kappa shape index (κ1) is 24.0. The molecule has 1 aliphatic heterocycles. The standard InChI is InChI=1S/C19H27F4NO5/c20-12(10-29-9-11-5-13(21)17(23)14(22)6-11)3-1-2-4-24-7-15(25)18(27)19(28)16(26)8-24/h5-6,12,15-16,18-19,25-28H,1-4,7-10H2/t12?,15-,16-,18+,19+/m0/s1. The highest BCUT2D eigenvalue weighted by Gasteiger charge is 2.35. The Morgan fingerprint density at radius 1 is 0.966 bits per heavy atom. The van der Waals surface area contributed by atoms with Crippen LogP contribution >= 0.6 is 0 Å². The number of likely N-dealkylation sites (tertiary alicyclic amines) is 1. The normalized spacial score (nSPS) is 27.0. The molecule has 0 aromatic heterocycles. The molecule has 0 radical (unpaired) electrons. The van der Waals surface area contributed by atoms with Crippen molar-refractivity contribution >= 4 is 0 Å². The molecule has 1 aliphatic rings. The SMILES string of the molecule is O[C@H]1[C@H](O)[C@@H](O)CN(CCCCC(F)COCc2cc(F)c(F)c(F)c2)C[C@@H]1O. The third-order valence-electron chi connectivity index (χ3n) is 4.88. The van der Waals surface area contributed by atoms with Gasteiger partial charge in [-0.25, -0.2) is 17.6 Å². The summed E-state index contributed by atoms with van der Waals surface area (Å²) in [6.45, 7) is 0.0860. The number of aliphatic hydroxyl groups is 4. The predicted octanol–water partition coefficient (Wildman–Crippen LogP) is 0.888. The number of hydrogen-bond donors (Lipinski definition) is 4. The zero-order chi connectivity index (χ0) is 21.6. The number of benzene rings is 1.